The molecule has 172 valence electrons. The number of fused-ring (bicyclic) bond motifs is 1. The summed E-state index contributed by atoms with van der Waals surface area (Å²) in [5.74, 6) is -0.660. The highest BCUT2D eigenvalue weighted by molar-refractivity contribution is 6.31. The molecule has 0 aliphatic heterocycles. The molecular formula is C28H25ClN2O3. The molecule has 6 heteroatoms. The number of amides is 1. The van der Waals surface area contributed by atoms with Crippen molar-refractivity contribution in [2.75, 3.05) is 5.32 Å². The van der Waals surface area contributed by atoms with Crippen LogP contribution in [0.5, 0.6) is 0 Å². The predicted molar refractivity (Wildman–Crippen MR) is 137 cm³/mol. The van der Waals surface area contributed by atoms with Crippen LogP contribution in [0.2, 0.25) is 5.02 Å². The van der Waals surface area contributed by atoms with Gasteiger partial charge in [-0.3, -0.25) is 14.4 Å². The minimum Gasteiger partial charge on any atom is -0.337 e. The van der Waals surface area contributed by atoms with E-state index in [4.69, 9.17) is 11.6 Å². The average Bonchev–Trinajstić information content (AvgIpc) is 2.83. The van der Waals surface area contributed by atoms with Gasteiger partial charge in [-0.25, -0.2) is 0 Å². The van der Waals surface area contributed by atoms with E-state index < -0.39 is 11.2 Å². The Morgan fingerprint density at radius 3 is 2.35 bits per heavy atom. The number of hydrogen-bond acceptors (Lipinski definition) is 3. The van der Waals surface area contributed by atoms with Crippen LogP contribution in [-0.2, 0) is 17.8 Å². The molecule has 0 atom stereocenters. The van der Waals surface area contributed by atoms with Gasteiger partial charge in [-0.1, -0.05) is 48.9 Å². The zero-order chi connectivity index (χ0) is 24.4. The van der Waals surface area contributed by atoms with Crippen molar-refractivity contribution in [3.63, 3.8) is 0 Å². The van der Waals surface area contributed by atoms with Crippen LogP contribution < -0.4 is 10.7 Å². The molecule has 4 rings (SSSR count). The first kappa shape index (κ1) is 23.5. The predicted octanol–water partition coefficient (Wildman–Crippen LogP) is 5.70. The summed E-state index contributed by atoms with van der Waals surface area (Å²) in [5.41, 5.74) is 4.53. The van der Waals surface area contributed by atoms with E-state index in [1.165, 1.54) is 12.3 Å². The quantitative estimate of drug-likeness (QED) is 0.366. The van der Waals surface area contributed by atoms with Gasteiger partial charge >= 0.3 is 0 Å². The lowest BCUT2D eigenvalue weighted by molar-refractivity contribution is -0.116. The summed E-state index contributed by atoms with van der Waals surface area (Å²) in [7, 11) is 0. The summed E-state index contributed by atoms with van der Waals surface area (Å²) >= 11 is 6.15. The second-order valence-corrected chi connectivity index (χ2v) is 8.82. The third kappa shape index (κ3) is 4.80. The first-order valence-corrected chi connectivity index (χ1v) is 11.5. The standard InChI is InChI=1S/C28H25ClN2O3/c1-4-19-6-8-20(9-7-19)27(33)24-15-31(25-12-10-21(29)14-23(25)28(24)34)16-26(32)30-22-11-5-17(2)18(3)13-22/h5-15H,4,16H2,1-3H3,(H,30,32). The van der Waals surface area contributed by atoms with Crippen LogP contribution in [0.1, 0.15) is 39.5 Å². The second-order valence-electron chi connectivity index (χ2n) is 8.39. The smallest absolute Gasteiger partial charge is 0.244 e. The zero-order valence-corrected chi connectivity index (χ0v) is 20.1. The lowest BCUT2D eigenvalue weighted by Gasteiger charge is -2.14. The first-order valence-electron chi connectivity index (χ1n) is 11.1. The summed E-state index contributed by atoms with van der Waals surface area (Å²) in [6.07, 6.45) is 2.32. The normalized spacial score (nSPS) is 10.9. The third-order valence-electron chi connectivity index (χ3n) is 6.02. The number of nitrogens with one attached hydrogen (secondary N) is 1. The number of carbonyl (C=O) groups is 2. The topological polar surface area (TPSA) is 68.2 Å². The SMILES string of the molecule is CCc1ccc(C(=O)c2cn(CC(=O)Nc3ccc(C)c(C)c3)c3ccc(Cl)cc3c2=O)cc1. The lowest BCUT2D eigenvalue weighted by atomic mass is 10.0. The van der Waals surface area contributed by atoms with Gasteiger partial charge in [0, 0.05) is 27.9 Å². The molecule has 0 aliphatic carbocycles. The van der Waals surface area contributed by atoms with Crippen LogP contribution in [0.4, 0.5) is 5.69 Å². The van der Waals surface area contributed by atoms with E-state index in [0.29, 0.717) is 27.2 Å². The second kappa shape index (κ2) is 9.65. The Hall–Kier alpha value is -3.70. The van der Waals surface area contributed by atoms with E-state index >= 15 is 0 Å². The highest BCUT2D eigenvalue weighted by atomic mass is 35.5. The zero-order valence-electron chi connectivity index (χ0n) is 19.3. The van der Waals surface area contributed by atoms with Crippen molar-refractivity contribution in [3.05, 3.63) is 110 Å². The number of halogens is 1. The van der Waals surface area contributed by atoms with E-state index in [2.05, 4.69) is 5.32 Å². The van der Waals surface area contributed by atoms with Gasteiger partial charge in [0.05, 0.1) is 11.1 Å². The van der Waals surface area contributed by atoms with Crippen LogP contribution in [-0.4, -0.2) is 16.3 Å². The van der Waals surface area contributed by atoms with Crippen molar-refractivity contribution in [2.45, 2.75) is 33.7 Å². The van der Waals surface area contributed by atoms with E-state index in [1.54, 1.807) is 28.8 Å². The average molecular weight is 473 g/mol. The third-order valence-corrected chi connectivity index (χ3v) is 6.25. The summed E-state index contributed by atoms with van der Waals surface area (Å²) in [4.78, 5) is 39.3. The van der Waals surface area contributed by atoms with Crippen LogP contribution in [0, 0.1) is 13.8 Å². The Kier molecular flexibility index (Phi) is 6.66. The maximum atomic E-state index is 13.2. The van der Waals surface area contributed by atoms with E-state index in [-0.39, 0.29) is 18.0 Å². The summed E-state index contributed by atoms with van der Waals surface area (Å²) in [6, 6.07) is 17.8. The Morgan fingerprint density at radius 2 is 1.68 bits per heavy atom. The molecule has 1 amide bonds. The van der Waals surface area contributed by atoms with Crippen molar-refractivity contribution < 1.29 is 9.59 Å². The number of carbonyl (C=O) groups excluding carboxylic acids is 2. The first-order chi connectivity index (χ1) is 16.3. The van der Waals surface area contributed by atoms with E-state index in [1.807, 2.05) is 51.1 Å². The van der Waals surface area contributed by atoms with Gasteiger partial charge in [0.2, 0.25) is 11.3 Å². The van der Waals surface area contributed by atoms with Gasteiger partial charge in [-0.15, -0.1) is 0 Å². The molecule has 3 aromatic carbocycles. The van der Waals surface area contributed by atoms with Gasteiger partial charge in [-0.05, 0) is 67.3 Å². The molecule has 1 aromatic heterocycles. The van der Waals surface area contributed by atoms with Crippen LogP contribution in [0.3, 0.4) is 0 Å². The molecule has 0 bridgehead atoms. The fourth-order valence-electron chi connectivity index (χ4n) is 3.88. The molecule has 34 heavy (non-hydrogen) atoms. The maximum Gasteiger partial charge on any atom is 0.244 e. The number of aryl methyl sites for hydroxylation is 3. The minimum absolute atomic E-state index is 0.00186. The Balaban J connectivity index is 1.74. The van der Waals surface area contributed by atoms with Crippen molar-refractivity contribution >= 4 is 39.9 Å². The maximum absolute atomic E-state index is 13.2. The molecule has 0 fully saturated rings. The molecule has 5 nitrogen and oxygen atoms in total. The van der Waals surface area contributed by atoms with Gasteiger partial charge < -0.3 is 9.88 Å². The molecule has 1 heterocycles. The van der Waals surface area contributed by atoms with Crippen molar-refractivity contribution in [1.29, 1.82) is 0 Å². The summed E-state index contributed by atoms with van der Waals surface area (Å²) in [5, 5.41) is 3.57. The van der Waals surface area contributed by atoms with E-state index in [9.17, 15) is 14.4 Å². The molecule has 0 radical (unpaired) electrons. The molecule has 0 unspecified atom stereocenters. The fourth-order valence-corrected chi connectivity index (χ4v) is 4.06. The van der Waals surface area contributed by atoms with Crippen LogP contribution in [0.25, 0.3) is 10.9 Å². The Morgan fingerprint density at radius 1 is 0.941 bits per heavy atom. The van der Waals surface area contributed by atoms with Gasteiger partial charge in [0.15, 0.2) is 5.78 Å². The Bertz CT molecular complexity index is 1470. The summed E-state index contributed by atoms with van der Waals surface area (Å²) < 4.78 is 1.62. The largest absolute Gasteiger partial charge is 0.337 e. The molecular weight excluding hydrogens is 448 g/mol. The monoisotopic (exact) mass is 472 g/mol. The highest BCUT2D eigenvalue weighted by Crippen LogP contribution is 2.20. The number of anilines is 1. The van der Waals surface area contributed by atoms with Crippen LogP contribution in [0.15, 0.2) is 71.7 Å². The molecule has 1 N–H and O–H groups in total. The van der Waals surface area contributed by atoms with Crippen molar-refractivity contribution in [3.8, 4) is 0 Å². The van der Waals surface area contributed by atoms with E-state index in [0.717, 1.165) is 23.1 Å². The number of nitrogens with zero attached hydrogens (tertiary/aromatic N) is 1. The van der Waals surface area contributed by atoms with Gasteiger partial charge in [0.1, 0.15) is 6.54 Å². The Labute approximate surface area is 203 Å². The number of aromatic nitrogens is 1. The highest BCUT2D eigenvalue weighted by Gasteiger charge is 2.18. The van der Waals surface area contributed by atoms with Gasteiger partial charge in [-0.2, -0.15) is 0 Å². The van der Waals surface area contributed by atoms with Crippen molar-refractivity contribution in [1.82, 2.24) is 4.57 Å². The number of hydrogen-bond donors (Lipinski definition) is 1. The molecule has 0 saturated carbocycles. The number of ketones is 1. The number of rotatable bonds is 6. The molecule has 0 aliphatic rings. The molecule has 4 aromatic rings. The van der Waals surface area contributed by atoms with Crippen molar-refractivity contribution in [2.24, 2.45) is 0 Å². The fraction of sp³-hybridized carbons (Fsp3) is 0.179. The number of benzene rings is 3. The van der Waals surface area contributed by atoms with Crippen LogP contribution >= 0.6 is 11.6 Å². The lowest BCUT2D eigenvalue weighted by Crippen LogP contribution is -2.24. The summed E-state index contributed by atoms with van der Waals surface area (Å²) in [6.45, 7) is 5.95. The number of pyridine rings is 1. The molecule has 0 saturated heterocycles. The molecule has 0 spiro atoms. The van der Waals surface area contributed by atoms with Gasteiger partial charge in [0.25, 0.3) is 0 Å². The minimum atomic E-state index is -0.409.